The molecule has 4 aromatic carbocycles. The fourth-order valence-electron chi connectivity index (χ4n) is 4.82. The smallest absolute Gasteiger partial charge is 0.416 e. The molecule has 9 heteroatoms. The van der Waals surface area contributed by atoms with Gasteiger partial charge in [0.15, 0.2) is 0 Å². The molecule has 1 aliphatic heterocycles. The molecule has 5 rings (SSSR count). The molecule has 1 atom stereocenters. The number of fused-ring (bicyclic) bond motifs is 1. The van der Waals surface area contributed by atoms with Crippen molar-refractivity contribution in [3.63, 3.8) is 0 Å². The van der Waals surface area contributed by atoms with E-state index in [-0.39, 0.29) is 17.9 Å². The third-order valence-electron chi connectivity index (χ3n) is 6.84. The number of halogens is 3. The summed E-state index contributed by atoms with van der Waals surface area (Å²) in [5.41, 5.74) is 7.74. The number of amides is 2. The van der Waals surface area contributed by atoms with E-state index in [1.165, 1.54) is 29.2 Å². The predicted octanol–water partition coefficient (Wildman–Crippen LogP) is 5.55. The first kappa shape index (κ1) is 28.2. The molecule has 0 aromatic heterocycles. The van der Waals surface area contributed by atoms with Gasteiger partial charge in [-0.05, 0) is 71.1 Å². The van der Waals surface area contributed by atoms with Gasteiger partial charge in [0.1, 0.15) is 11.8 Å². The van der Waals surface area contributed by atoms with Crippen LogP contribution in [0.25, 0.3) is 11.1 Å². The van der Waals surface area contributed by atoms with Crippen molar-refractivity contribution >= 4 is 17.8 Å². The molecule has 2 N–H and O–H groups in total. The lowest BCUT2D eigenvalue weighted by molar-refractivity contribution is -0.137. The summed E-state index contributed by atoms with van der Waals surface area (Å²) in [6.07, 6.45) is -4.11. The molecule has 2 amide bonds. The van der Waals surface area contributed by atoms with Gasteiger partial charge in [0.25, 0.3) is 5.91 Å². The summed E-state index contributed by atoms with van der Waals surface area (Å²) in [4.78, 5) is 39.8. The lowest BCUT2D eigenvalue weighted by Crippen LogP contribution is -2.45. The van der Waals surface area contributed by atoms with Crippen LogP contribution in [-0.2, 0) is 22.2 Å². The van der Waals surface area contributed by atoms with E-state index in [0.29, 0.717) is 34.2 Å². The summed E-state index contributed by atoms with van der Waals surface area (Å²) in [5, 5.41) is 0. The highest BCUT2D eigenvalue weighted by Gasteiger charge is 2.34. The van der Waals surface area contributed by atoms with Crippen LogP contribution in [0.4, 0.5) is 13.2 Å². The fourth-order valence-corrected chi connectivity index (χ4v) is 4.82. The first-order valence-corrected chi connectivity index (χ1v) is 12.9. The van der Waals surface area contributed by atoms with Crippen LogP contribution in [0.1, 0.15) is 38.7 Å². The van der Waals surface area contributed by atoms with Crippen molar-refractivity contribution in [2.45, 2.75) is 18.6 Å². The highest BCUT2D eigenvalue weighted by molar-refractivity contribution is 5.99. The minimum atomic E-state index is -4.48. The van der Waals surface area contributed by atoms with Crippen LogP contribution in [0.15, 0.2) is 97.1 Å². The average molecular weight is 569 g/mol. The van der Waals surface area contributed by atoms with Crippen LogP contribution in [0.3, 0.4) is 0 Å². The molecule has 0 saturated carbocycles. The monoisotopic (exact) mass is 568 g/mol. The van der Waals surface area contributed by atoms with E-state index in [1.807, 2.05) is 6.07 Å². The minimum absolute atomic E-state index is 0.166. The Kier molecular flexibility index (Phi) is 7.80. The summed E-state index contributed by atoms with van der Waals surface area (Å²) >= 11 is 0. The Labute approximate surface area is 239 Å². The second kappa shape index (κ2) is 11.6. The molecule has 210 valence electrons. The number of esters is 1. The Balaban J connectivity index is 1.36. The summed E-state index contributed by atoms with van der Waals surface area (Å²) in [6, 6.07) is 23.6. The number of rotatable bonds is 4. The van der Waals surface area contributed by atoms with Gasteiger partial charge in [0.2, 0.25) is 5.91 Å². The lowest BCUT2D eigenvalue weighted by Gasteiger charge is -2.34. The molecule has 0 radical (unpaired) electrons. The highest BCUT2D eigenvalue weighted by Crippen LogP contribution is 2.34. The van der Waals surface area contributed by atoms with E-state index >= 15 is 0 Å². The fraction of sp³-hybridized carbons (Fsp3) is 0.121. The van der Waals surface area contributed by atoms with Crippen LogP contribution in [0, 0.1) is 11.8 Å². The van der Waals surface area contributed by atoms with Crippen LogP contribution >= 0.6 is 0 Å². The average Bonchev–Trinajstić information content (AvgIpc) is 2.99. The van der Waals surface area contributed by atoms with Crippen molar-refractivity contribution in [3.8, 4) is 28.7 Å². The van der Waals surface area contributed by atoms with E-state index in [9.17, 15) is 27.6 Å². The van der Waals surface area contributed by atoms with Gasteiger partial charge in [0, 0.05) is 18.0 Å². The summed E-state index contributed by atoms with van der Waals surface area (Å²) < 4.78 is 44.6. The number of benzene rings is 4. The normalized spacial score (nSPS) is 14.3. The van der Waals surface area contributed by atoms with E-state index in [4.69, 9.17) is 10.5 Å². The van der Waals surface area contributed by atoms with E-state index in [1.54, 1.807) is 54.6 Å². The number of alkyl halides is 3. The Bertz CT molecular complexity index is 1720. The second-order valence-corrected chi connectivity index (χ2v) is 9.54. The molecule has 4 aromatic rings. The van der Waals surface area contributed by atoms with Crippen molar-refractivity contribution in [3.05, 3.63) is 125 Å². The molecule has 1 aliphatic rings. The third-order valence-corrected chi connectivity index (χ3v) is 6.84. The SMILES string of the molecule is NC(=O)C1c2ccc(OC(=O)c3ccccc3-c3ccc(C(F)(F)F)cc3)cc2CCN1C(=O)C#Cc1ccccc1. The standard InChI is InChI=1S/C33H23F3N2O4/c34-33(35,36)24-13-11-22(12-14-24)26-8-4-5-9-28(26)32(41)42-25-15-16-27-23(20-25)18-19-38(30(27)31(37)40)29(39)17-10-21-6-2-1-3-7-21/h1-9,11-16,20,30H,18-19H2,(H2,37,40). The van der Waals surface area contributed by atoms with Gasteiger partial charge in [-0.25, -0.2) is 4.79 Å². The zero-order chi connectivity index (χ0) is 29.9. The maximum absolute atomic E-state index is 13.2. The molecule has 0 aliphatic carbocycles. The largest absolute Gasteiger partial charge is 0.423 e. The lowest BCUT2D eigenvalue weighted by atomic mass is 9.91. The Morgan fingerprint density at radius 2 is 1.57 bits per heavy atom. The first-order chi connectivity index (χ1) is 20.1. The van der Waals surface area contributed by atoms with Crippen molar-refractivity contribution in [2.24, 2.45) is 5.73 Å². The number of hydrogen-bond acceptors (Lipinski definition) is 4. The second-order valence-electron chi connectivity index (χ2n) is 9.54. The van der Waals surface area contributed by atoms with Gasteiger partial charge in [-0.2, -0.15) is 13.2 Å². The van der Waals surface area contributed by atoms with Crippen LogP contribution in [0.2, 0.25) is 0 Å². The van der Waals surface area contributed by atoms with Crippen molar-refractivity contribution in [2.75, 3.05) is 6.54 Å². The van der Waals surface area contributed by atoms with Crippen molar-refractivity contribution < 1.29 is 32.3 Å². The van der Waals surface area contributed by atoms with E-state index in [0.717, 1.165) is 12.1 Å². The van der Waals surface area contributed by atoms with E-state index < -0.39 is 35.6 Å². The molecule has 0 fully saturated rings. The number of primary amides is 1. The topological polar surface area (TPSA) is 89.7 Å². The number of carbonyl (C=O) groups is 3. The van der Waals surface area contributed by atoms with Gasteiger partial charge in [-0.15, -0.1) is 0 Å². The van der Waals surface area contributed by atoms with Crippen molar-refractivity contribution in [1.82, 2.24) is 4.90 Å². The van der Waals surface area contributed by atoms with Gasteiger partial charge in [0.05, 0.1) is 11.1 Å². The molecule has 1 heterocycles. The number of ether oxygens (including phenoxy) is 1. The molecule has 0 bridgehead atoms. The van der Waals surface area contributed by atoms with Gasteiger partial charge in [-0.3, -0.25) is 9.59 Å². The summed E-state index contributed by atoms with van der Waals surface area (Å²) in [5.74, 6) is 3.60. The first-order valence-electron chi connectivity index (χ1n) is 12.9. The quantitative estimate of drug-likeness (QED) is 0.199. The van der Waals surface area contributed by atoms with Crippen LogP contribution in [0.5, 0.6) is 5.75 Å². The Morgan fingerprint density at radius 3 is 2.26 bits per heavy atom. The van der Waals surface area contributed by atoms with Gasteiger partial charge in [-0.1, -0.05) is 60.5 Å². The van der Waals surface area contributed by atoms with Gasteiger partial charge < -0.3 is 15.4 Å². The number of carbonyl (C=O) groups excluding carboxylic acids is 3. The molecule has 0 spiro atoms. The molecular formula is C33H23F3N2O4. The Hall–Kier alpha value is -5.36. The van der Waals surface area contributed by atoms with Crippen LogP contribution in [-0.4, -0.2) is 29.2 Å². The predicted molar refractivity (Wildman–Crippen MR) is 149 cm³/mol. The zero-order valence-corrected chi connectivity index (χ0v) is 22.0. The van der Waals surface area contributed by atoms with Crippen molar-refractivity contribution in [1.29, 1.82) is 0 Å². The third kappa shape index (κ3) is 6.03. The zero-order valence-electron chi connectivity index (χ0n) is 22.0. The maximum atomic E-state index is 13.2. The molecule has 42 heavy (non-hydrogen) atoms. The van der Waals surface area contributed by atoms with Crippen LogP contribution < -0.4 is 10.5 Å². The summed E-state index contributed by atoms with van der Waals surface area (Å²) in [6.45, 7) is 0.178. The van der Waals surface area contributed by atoms with E-state index in [2.05, 4.69) is 11.8 Å². The molecule has 6 nitrogen and oxygen atoms in total. The number of nitrogens with two attached hydrogens (primary N) is 1. The van der Waals surface area contributed by atoms with Gasteiger partial charge >= 0.3 is 12.1 Å². The highest BCUT2D eigenvalue weighted by atomic mass is 19.4. The molecular weight excluding hydrogens is 545 g/mol. The summed E-state index contributed by atoms with van der Waals surface area (Å²) in [7, 11) is 0. The number of hydrogen-bond donors (Lipinski definition) is 1. The molecule has 0 saturated heterocycles. The molecule has 1 unspecified atom stereocenters. The Morgan fingerprint density at radius 1 is 0.881 bits per heavy atom. The number of nitrogens with zero attached hydrogens (tertiary/aromatic N) is 1. The minimum Gasteiger partial charge on any atom is -0.423 e. The maximum Gasteiger partial charge on any atom is 0.416 e.